The van der Waals surface area contributed by atoms with Gasteiger partial charge in [-0.2, -0.15) is 11.3 Å². The maximum absolute atomic E-state index is 12.0. The summed E-state index contributed by atoms with van der Waals surface area (Å²) >= 11 is 3.34. The summed E-state index contributed by atoms with van der Waals surface area (Å²) in [6, 6.07) is 6.23. The molecule has 0 bridgehead atoms. The highest BCUT2D eigenvalue weighted by Gasteiger charge is 2.23. The predicted molar refractivity (Wildman–Crippen MR) is 94.0 cm³/mol. The molecule has 1 fully saturated rings. The van der Waals surface area contributed by atoms with E-state index in [-0.39, 0.29) is 12.1 Å². The van der Waals surface area contributed by atoms with Crippen molar-refractivity contribution in [2.75, 3.05) is 32.8 Å². The Morgan fingerprint density at radius 3 is 2.83 bits per heavy atom. The molecule has 1 atom stereocenters. The smallest absolute Gasteiger partial charge is 0.315 e. The lowest BCUT2D eigenvalue weighted by Crippen LogP contribution is -2.45. The predicted octanol–water partition coefficient (Wildman–Crippen LogP) is 2.68. The van der Waals surface area contributed by atoms with Crippen LogP contribution in [0.15, 0.2) is 34.3 Å². The van der Waals surface area contributed by atoms with Crippen LogP contribution in [0, 0.1) is 0 Å². The minimum atomic E-state index is -0.119. The highest BCUT2D eigenvalue weighted by atomic mass is 32.1. The summed E-state index contributed by atoms with van der Waals surface area (Å²) < 4.78 is 5.44. The highest BCUT2D eigenvalue weighted by Crippen LogP contribution is 2.23. The van der Waals surface area contributed by atoms with E-state index in [1.54, 1.807) is 22.7 Å². The van der Waals surface area contributed by atoms with Gasteiger partial charge in [-0.1, -0.05) is 6.07 Å². The van der Waals surface area contributed by atoms with E-state index in [9.17, 15) is 4.79 Å². The Hall–Kier alpha value is -1.41. The lowest BCUT2D eigenvalue weighted by Gasteiger charge is -2.34. The number of carbonyl (C=O) groups excluding carboxylic acids is 1. The molecule has 3 rings (SSSR count). The van der Waals surface area contributed by atoms with Crippen LogP contribution in [0.1, 0.15) is 16.5 Å². The van der Waals surface area contributed by atoms with E-state index in [0.29, 0.717) is 13.1 Å². The number of ether oxygens (including phenoxy) is 1. The molecule has 7 heteroatoms. The number of rotatable bonds is 6. The minimum Gasteiger partial charge on any atom is -0.379 e. The van der Waals surface area contributed by atoms with E-state index in [1.165, 1.54) is 5.56 Å². The van der Waals surface area contributed by atoms with E-state index < -0.39 is 0 Å². The third kappa shape index (κ3) is 4.78. The maximum atomic E-state index is 12.0. The van der Waals surface area contributed by atoms with Crippen LogP contribution in [-0.4, -0.2) is 43.8 Å². The molecule has 0 aromatic carbocycles. The standard InChI is InChI=1S/C16H21N3O2S2/c20-16(17-10-14-2-1-8-23-14)18-11-15(13-3-9-22-12-13)19-4-6-21-7-5-19/h1-3,8-9,12,15H,4-7,10-11H2,(H2,17,18,20)/t15-/m0/s1. The number of amides is 2. The van der Waals surface area contributed by atoms with Crippen molar-refractivity contribution in [1.29, 1.82) is 0 Å². The van der Waals surface area contributed by atoms with Gasteiger partial charge in [0.15, 0.2) is 0 Å². The lowest BCUT2D eigenvalue weighted by atomic mass is 10.1. The SMILES string of the molecule is O=C(NCc1cccs1)NC[C@@H](c1ccsc1)N1CCOCC1. The fourth-order valence-electron chi connectivity index (χ4n) is 2.64. The second-order valence-electron chi connectivity index (χ2n) is 5.36. The molecule has 3 heterocycles. The molecule has 0 spiro atoms. The zero-order valence-corrected chi connectivity index (χ0v) is 14.5. The van der Waals surface area contributed by atoms with Crippen molar-refractivity contribution in [3.63, 3.8) is 0 Å². The molecule has 23 heavy (non-hydrogen) atoms. The average Bonchev–Trinajstić information content (AvgIpc) is 3.28. The second-order valence-corrected chi connectivity index (χ2v) is 7.18. The van der Waals surface area contributed by atoms with Gasteiger partial charge in [0.2, 0.25) is 0 Å². The van der Waals surface area contributed by atoms with Crippen LogP contribution < -0.4 is 10.6 Å². The van der Waals surface area contributed by atoms with Gasteiger partial charge in [-0.05, 0) is 33.8 Å². The summed E-state index contributed by atoms with van der Waals surface area (Å²) in [5.74, 6) is 0. The summed E-state index contributed by atoms with van der Waals surface area (Å²) in [4.78, 5) is 15.6. The molecule has 0 saturated carbocycles. The largest absolute Gasteiger partial charge is 0.379 e. The van der Waals surface area contributed by atoms with Crippen LogP contribution in [0.4, 0.5) is 4.79 Å². The zero-order chi connectivity index (χ0) is 15.9. The fraction of sp³-hybridized carbons (Fsp3) is 0.438. The Morgan fingerprint density at radius 1 is 1.26 bits per heavy atom. The summed E-state index contributed by atoms with van der Waals surface area (Å²) in [6.07, 6.45) is 0. The van der Waals surface area contributed by atoms with Crippen molar-refractivity contribution in [2.24, 2.45) is 0 Å². The van der Waals surface area contributed by atoms with Gasteiger partial charge in [-0.3, -0.25) is 4.90 Å². The van der Waals surface area contributed by atoms with Crippen molar-refractivity contribution in [2.45, 2.75) is 12.6 Å². The molecule has 0 radical (unpaired) electrons. The Kier molecular flexibility index (Phi) is 6.04. The molecule has 5 nitrogen and oxygen atoms in total. The number of hydrogen-bond acceptors (Lipinski definition) is 5. The van der Waals surface area contributed by atoms with E-state index in [1.807, 2.05) is 17.5 Å². The van der Waals surface area contributed by atoms with Crippen LogP contribution in [-0.2, 0) is 11.3 Å². The molecule has 0 unspecified atom stereocenters. The number of nitrogens with one attached hydrogen (secondary N) is 2. The third-order valence-corrected chi connectivity index (χ3v) is 5.45. The average molecular weight is 351 g/mol. The molecule has 1 saturated heterocycles. The highest BCUT2D eigenvalue weighted by molar-refractivity contribution is 7.09. The number of nitrogens with zero attached hydrogens (tertiary/aromatic N) is 1. The Balaban J connectivity index is 1.52. The molecule has 1 aliphatic heterocycles. The third-order valence-electron chi connectivity index (χ3n) is 3.87. The van der Waals surface area contributed by atoms with Crippen LogP contribution in [0.25, 0.3) is 0 Å². The normalized spacial score (nSPS) is 16.9. The Morgan fingerprint density at radius 2 is 2.13 bits per heavy atom. The maximum Gasteiger partial charge on any atom is 0.315 e. The number of thiophene rings is 2. The van der Waals surface area contributed by atoms with Crippen molar-refractivity contribution >= 4 is 28.7 Å². The van der Waals surface area contributed by atoms with Gasteiger partial charge in [-0.15, -0.1) is 11.3 Å². The van der Waals surface area contributed by atoms with E-state index in [4.69, 9.17) is 4.74 Å². The van der Waals surface area contributed by atoms with E-state index >= 15 is 0 Å². The van der Waals surface area contributed by atoms with Crippen molar-refractivity contribution < 1.29 is 9.53 Å². The number of hydrogen-bond donors (Lipinski definition) is 2. The van der Waals surface area contributed by atoms with Gasteiger partial charge in [-0.25, -0.2) is 4.79 Å². The molecule has 2 N–H and O–H groups in total. The summed E-state index contributed by atoms with van der Waals surface area (Å²) in [5, 5.41) is 12.2. The van der Waals surface area contributed by atoms with Crippen LogP contribution in [0.2, 0.25) is 0 Å². The van der Waals surface area contributed by atoms with Crippen LogP contribution in [0.5, 0.6) is 0 Å². The van der Waals surface area contributed by atoms with Gasteiger partial charge < -0.3 is 15.4 Å². The van der Waals surface area contributed by atoms with E-state index in [2.05, 4.69) is 32.4 Å². The Labute approximate surface area is 144 Å². The molecule has 0 aliphatic carbocycles. The molecular formula is C16H21N3O2S2. The van der Waals surface area contributed by atoms with Crippen molar-refractivity contribution in [3.05, 3.63) is 44.8 Å². The monoisotopic (exact) mass is 351 g/mol. The van der Waals surface area contributed by atoms with Gasteiger partial charge in [0.05, 0.1) is 25.8 Å². The first kappa shape index (κ1) is 16.4. The molecule has 1 aliphatic rings. The molecular weight excluding hydrogens is 330 g/mol. The first-order chi connectivity index (χ1) is 11.3. The summed E-state index contributed by atoms with van der Waals surface area (Å²) in [6.45, 7) is 4.49. The molecule has 2 aromatic rings. The number of carbonyl (C=O) groups is 1. The van der Waals surface area contributed by atoms with Crippen molar-refractivity contribution in [1.82, 2.24) is 15.5 Å². The summed E-state index contributed by atoms with van der Waals surface area (Å²) in [5.41, 5.74) is 1.26. The van der Waals surface area contributed by atoms with Crippen molar-refractivity contribution in [3.8, 4) is 0 Å². The number of urea groups is 1. The molecule has 124 valence electrons. The second kappa shape index (κ2) is 8.44. The summed E-state index contributed by atoms with van der Waals surface area (Å²) in [7, 11) is 0. The zero-order valence-electron chi connectivity index (χ0n) is 12.9. The first-order valence-electron chi connectivity index (χ1n) is 7.71. The molecule has 2 amide bonds. The fourth-order valence-corrected chi connectivity index (χ4v) is 4.00. The van der Waals surface area contributed by atoms with Crippen LogP contribution in [0.3, 0.4) is 0 Å². The molecule has 2 aromatic heterocycles. The van der Waals surface area contributed by atoms with E-state index in [0.717, 1.165) is 31.2 Å². The Bertz CT molecular complexity index is 581. The van der Waals surface area contributed by atoms with Gasteiger partial charge in [0.25, 0.3) is 0 Å². The minimum absolute atomic E-state index is 0.119. The number of morpholine rings is 1. The topological polar surface area (TPSA) is 53.6 Å². The van der Waals surface area contributed by atoms with Gasteiger partial charge in [0, 0.05) is 24.5 Å². The lowest BCUT2D eigenvalue weighted by molar-refractivity contribution is 0.0168. The van der Waals surface area contributed by atoms with Crippen LogP contribution >= 0.6 is 22.7 Å². The quantitative estimate of drug-likeness (QED) is 0.841. The van der Waals surface area contributed by atoms with Gasteiger partial charge >= 0.3 is 6.03 Å². The van der Waals surface area contributed by atoms with Gasteiger partial charge in [0.1, 0.15) is 0 Å². The first-order valence-corrected chi connectivity index (χ1v) is 9.53.